The fourth-order valence-corrected chi connectivity index (χ4v) is 1.97. The third-order valence-electron chi connectivity index (χ3n) is 2.72. The molecule has 0 bridgehead atoms. The van der Waals surface area contributed by atoms with Crippen LogP contribution in [0.2, 0.25) is 0 Å². The molecule has 2 aliphatic rings. The highest BCUT2D eigenvalue weighted by Gasteiger charge is 2.45. The first-order chi connectivity index (χ1) is 7.90. The van der Waals surface area contributed by atoms with Crippen LogP contribution in [-0.4, -0.2) is 48.8 Å². The molecule has 0 aliphatic carbocycles. The van der Waals surface area contributed by atoms with Crippen LogP contribution in [0.15, 0.2) is 5.16 Å². The van der Waals surface area contributed by atoms with Gasteiger partial charge in [-0.3, -0.25) is 0 Å². The smallest absolute Gasteiger partial charge is 0.410 e. The van der Waals surface area contributed by atoms with E-state index in [1.165, 1.54) is 0 Å². The van der Waals surface area contributed by atoms with E-state index in [1.54, 1.807) is 12.0 Å². The number of amides is 1. The van der Waals surface area contributed by atoms with Gasteiger partial charge < -0.3 is 19.2 Å². The van der Waals surface area contributed by atoms with Gasteiger partial charge in [-0.15, -0.1) is 0 Å². The molecule has 0 spiro atoms. The number of rotatable bonds is 0. The van der Waals surface area contributed by atoms with Crippen LogP contribution in [0.25, 0.3) is 0 Å². The van der Waals surface area contributed by atoms with E-state index in [2.05, 4.69) is 5.16 Å². The predicted octanol–water partition coefficient (Wildman–Crippen LogP) is 1.21. The number of likely N-dealkylation sites (tertiary alicyclic amines) is 1. The van der Waals surface area contributed by atoms with Crippen LogP contribution in [-0.2, 0) is 14.3 Å². The van der Waals surface area contributed by atoms with E-state index >= 15 is 0 Å². The maximum Gasteiger partial charge on any atom is 0.410 e. The molecule has 17 heavy (non-hydrogen) atoms. The number of nitrogens with zero attached hydrogens (tertiary/aromatic N) is 2. The van der Waals surface area contributed by atoms with Crippen molar-refractivity contribution in [3.05, 3.63) is 0 Å². The summed E-state index contributed by atoms with van der Waals surface area (Å²) in [5.74, 6) is 0.591. The van der Waals surface area contributed by atoms with Gasteiger partial charge in [-0.05, 0) is 20.8 Å². The largest absolute Gasteiger partial charge is 0.482 e. The summed E-state index contributed by atoms with van der Waals surface area (Å²) in [4.78, 5) is 18.7. The van der Waals surface area contributed by atoms with Gasteiger partial charge in [0.25, 0.3) is 0 Å². The Morgan fingerprint density at radius 3 is 2.76 bits per heavy atom. The zero-order valence-electron chi connectivity index (χ0n) is 10.6. The average Bonchev–Trinajstić information content (AvgIpc) is 2.72. The summed E-state index contributed by atoms with van der Waals surface area (Å²) >= 11 is 0. The number of oxime groups is 1. The summed E-state index contributed by atoms with van der Waals surface area (Å²) < 4.78 is 10.4. The highest BCUT2D eigenvalue weighted by molar-refractivity contribution is 5.82. The highest BCUT2D eigenvalue weighted by Crippen LogP contribution is 2.28. The van der Waals surface area contributed by atoms with Gasteiger partial charge in [-0.25, -0.2) is 4.79 Å². The first kappa shape index (κ1) is 12.0. The second kappa shape index (κ2) is 4.09. The summed E-state index contributed by atoms with van der Waals surface area (Å²) in [5, 5.41) is 3.82. The number of fused-ring (bicyclic) bond motifs is 1. The molecule has 1 saturated heterocycles. The van der Waals surface area contributed by atoms with E-state index in [9.17, 15) is 4.79 Å². The van der Waals surface area contributed by atoms with Crippen molar-refractivity contribution in [2.45, 2.75) is 32.5 Å². The fraction of sp³-hybridized carbons (Fsp3) is 0.818. The number of hydrogen-bond donors (Lipinski definition) is 0. The number of methoxy groups -OCH3 is 1. The Labute approximate surface area is 100 Å². The SMILES string of the molecule is COC1=NO[C@@H]2CN(C(=O)OC(C)(C)C)C[C@H]12. The molecule has 0 aromatic heterocycles. The molecular formula is C11H18N2O4. The number of hydrogen-bond acceptors (Lipinski definition) is 5. The standard InChI is InChI=1S/C11H18N2O4/c1-11(2,3)16-10(14)13-5-7-8(6-13)17-12-9(7)15-4/h7-8H,5-6H2,1-4H3/t7-,8+/m0/s1. The Morgan fingerprint density at radius 1 is 1.47 bits per heavy atom. The maximum absolute atomic E-state index is 11.9. The molecule has 96 valence electrons. The minimum atomic E-state index is -0.478. The van der Waals surface area contributed by atoms with Crippen LogP contribution >= 0.6 is 0 Å². The second-order valence-corrected chi connectivity index (χ2v) is 5.27. The molecule has 6 heteroatoms. The molecular weight excluding hydrogens is 224 g/mol. The van der Waals surface area contributed by atoms with Crippen molar-refractivity contribution in [2.24, 2.45) is 11.1 Å². The van der Waals surface area contributed by atoms with Crippen LogP contribution in [0, 0.1) is 5.92 Å². The summed E-state index contributed by atoms with van der Waals surface area (Å²) in [6, 6.07) is 0. The van der Waals surface area contributed by atoms with Gasteiger partial charge in [0.2, 0.25) is 5.90 Å². The lowest BCUT2D eigenvalue weighted by molar-refractivity contribution is 0.0226. The van der Waals surface area contributed by atoms with Gasteiger partial charge in [-0.2, -0.15) is 0 Å². The molecule has 0 aromatic rings. The molecule has 0 unspecified atom stereocenters. The Kier molecular flexibility index (Phi) is 2.89. The first-order valence-electron chi connectivity index (χ1n) is 5.66. The Hall–Kier alpha value is -1.46. The predicted molar refractivity (Wildman–Crippen MR) is 60.6 cm³/mol. The van der Waals surface area contributed by atoms with Crippen LogP contribution in [0.3, 0.4) is 0 Å². The van der Waals surface area contributed by atoms with Gasteiger partial charge >= 0.3 is 6.09 Å². The van der Waals surface area contributed by atoms with Crippen LogP contribution in [0.1, 0.15) is 20.8 Å². The van der Waals surface area contributed by atoms with Crippen molar-refractivity contribution in [2.75, 3.05) is 20.2 Å². The van der Waals surface area contributed by atoms with E-state index in [0.29, 0.717) is 19.0 Å². The minimum absolute atomic E-state index is 0.0347. The molecule has 2 aliphatic heterocycles. The van der Waals surface area contributed by atoms with Crippen molar-refractivity contribution in [1.82, 2.24) is 4.90 Å². The fourth-order valence-electron chi connectivity index (χ4n) is 1.97. The highest BCUT2D eigenvalue weighted by atomic mass is 16.7. The number of carbonyl (C=O) groups is 1. The topological polar surface area (TPSA) is 60.4 Å². The molecule has 2 rings (SSSR count). The van der Waals surface area contributed by atoms with Crippen LogP contribution < -0.4 is 0 Å². The van der Waals surface area contributed by atoms with Crippen molar-refractivity contribution in [3.63, 3.8) is 0 Å². The Bertz CT molecular complexity index is 348. The lowest BCUT2D eigenvalue weighted by Gasteiger charge is -2.24. The van der Waals surface area contributed by atoms with Gasteiger partial charge in [0.1, 0.15) is 5.60 Å². The molecule has 0 aromatic carbocycles. The van der Waals surface area contributed by atoms with Gasteiger partial charge in [-0.1, -0.05) is 5.16 Å². The lowest BCUT2D eigenvalue weighted by atomic mass is 10.1. The maximum atomic E-state index is 11.9. The van der Waals surface area contributed by atoms with Crippen molar-refractivity contribution >= 4 is 12.0 Å². The summed E-state index contributed by atoms with van der Waals surface area (Å²) in [6.45, 7) is 6.57. The normalized spacial score (nSPS) is 27.3. The lowest BCUT2D eigenvalue weighted by Crippen LogP contribution is -2.36. The van der Waals surface area contributed by atoms with Gasteiger partial charge in [0.05, 0.1) is 19.6 Å². The average molecular weight is 242 g/mol. The number of ether oxygens (including phenoxy) is 2. The van der Waals surface area contributed by atoms with Crippen molar-refractivity contribution in [1.29, 1.82) is 0 Å². The third kappa shape index (κ3) is 2.45. The molecule has 6 nitrogen and oxygen atoms in total. The molecule has 2 atom stereocenters. The zero-order chi connectivity index (χ0) is 12.6. The number of carbonyl (C=O) groups excluding carboxylic acids is 1. The van der Waals surface area contributed by atoms with E-state index in [-0.39, 0.29) is 18.1 Å². The quantitative estimate of drug-likeness (QED) is 0.640. The second-order valence-electron chi connectivity index (χ2n) is 5.27. The summed E-state index contributed by atoms with van der Waals surface area (Å²) in [6.07, 6.45) is -0.413. The molecule has 0 saturated carbocycles. The van der Waals surface area contributed by atoms with Gasteiger partial charge in [0, 0.05) is 6.54 Å². The monoisotopic (exact) mass is 242 g/mol. The van der Waals surface area contributed by atoms with Crippen molar-refractivity contribution < 1.29 is 19.1 Å². The minimum Gasteiger partial charge on any atom is -0.482 e. The first-order valence-corrected chi connectivity index (χ1v) is 5.66. The van der Waals surface area contributed by atoms with E-state index < -0.39 is 5.60 Å². The third-order valence-corrected chi connectivity index (χ3v) is 2.72. The molecule has 2 heterocycles. The Morgan fingerprint density at radius 2 is 2.18 bits per heavy atom. The van der Waals surface area contributed by atoms with Gasteiger partial charge in [0.15, 0.2) is 6.10 Å². The Balaban J connectivity index is 1.95. The zero-order valence-corrected chi connectivity index (χ0v) is 10.6. The molecule has 0 N–H and O–H groups in total. The summed E-state index contributed by atoms with van der Waals surface area (Å²) in [5.41, 5.74) is -0.478. The van der Waals surface area contributed by atoms with E-state index in [0.717, 1.165) is 0 Å². The van der Waals surface area contributed by atoms with E-state index in [4.69, 9.17) is 14.3 Å². The van der Waals surface area contributed by atoms with Crippen molar-refractivity contribution in [3.8, 4) is 0 Å². The summed E-state index contributed by atoms with van der Waals surface area (Å²) in [7, 11) is 1.56. The van der Waals surface area contributed by atoms with Crippen LogP contribution in [0.4, 0.5) is 4.79 Å². The van der Waals surface area contributed by atoms with E-state index in [1.807, 2.05) is 20.8 Å². The molecule has 1 fully saturated rings. The molecule has 1 amide bonds. The molecule has 0 radical (unpaired) electrons. The van der Waals surface area contributed by atoms with Crippen LogP contribution in [0.5, 0.6) is 0 Å².